The lowest BCUT2D eigenvalue weighted by Crippen LogP contribution is -1.98. The van der Waals surface area contributed by atoms with Crippen molar-refractivity contribution in [1.82, 2.24) is 0 Å². The molecule has 0 aliphatic carbocycles. The minimum atomic E-state index is 0.658. The predicted octanol–water partition coefficient (Wildman–Crippen LogP) is 3.70. The van der Waals surface area contributed by atoms with Crippen molar-refractivity contribution in [3.05, 3.63) is 35.2 Å². The van der Waals surface area contributed by atoms with Gasteiger partial charge in [-0.2, -0.15) is 5.26 Å². The van der Waals surface area contributed by atoms with E-state index in [9.17, 15) is 0 Å². The summed E-state index contributed by atoms with van der Waals surface area (Å²) in [6.07, 6.45) is 2.16. The molecule has 16 heavy (non-hydrogen) atoms. The highest BCUT2D eigenvalue weighted by Gasteiger charge is 2.05. The molecule has 1 rings (SSSR count). The van der Waals surface area contributed by atoms with Gasteiger partial charge in [0.25, 0.3) is 0 Å². The lowest BCUT2D eigenvalue weighted by atomic mass is 10.0. The largest absolute Gasteiger partial charge is 0.494 e. The number of hydrogen-bond acceptors (Lipinski definition) is 2. The Labute approximate surface area is 97.9 Å². The van der Waals surface area contributed by atoms with E-state index in [1.54, 1.807) is 6.07 Å². The molecule has 2 nitrogen and oxygen atoms in total. The number of rotatable bonds is 5. The molecule has 2 heteroatoms. The first-order valence-corrected chi connectivity index (χ1v) is 5.66. The predicted molar refractivity (Wildman–Crippen MR) is 65.3 cm³/mol. The number of hydrogen-bond donors (Lipinski definition) is 0. The van der Waals surface area contributed by atoms with Gasteiger partial charge in [0.1, 0.15) is 5.75 Å². The summed E-state index contributed by atoms with van der Waals surface area (Å²) in [5.74, 6) is 1.99. The molecule has 0 saturated carbocycles. The molecule has 0 fully saturated rings. The molecule has 0 heterocycles. The third-order valence-corrected chi connectivity index (χ3v) is 2.38. The summed E-state index contributed by atoms with van der Waals surface area (Å²) in [7, 11) is 0. The molecule has 0 spiro atoms. The maximum atomic E-state index is 8.93. The van der Waals surface area contributed by atoms with Gasteiger partial charge in [-0.3, -0.25) is 0 Å². The van der Waals surface area contributed by atoms with Gasteiger partial charge in [-0.1, -0.05) is 27.2 Å². The van der Waals surface area contributed by atoms with Gasteiger partial charge in [0.15, 0.2) is 0 Å². The summed E-state index contributed by atoms with van der Waals surface area (Å²) in [4.78, 5) is 0. The molecular formula is C14H18NO. The maximum absolute atomic E-state index is 8.93. The molecule has 1 radical (unpaired) electrons. The lowest BCUT2D eigenvalue weighted by molar-refractivity contribution is 0.309. The van der Waals surface area contributed by atoms with Crippen molar-refractivity contribution in [2.45, 2.75) is 33.6 Å². The van der Waals surface area contributed by atoms with Crippen LogP contribution >= 0.6 is 0 Å². The number of nitrogens with zero attached hydrogens (tertiary/aromatic N) is 1. The Morgan fingerprint density at radius 1 is 1.31 bits per heavy atom. The number of unbranched alkanes of at least 4 members (excludes halogenated alkanes) is 1. The minimum Gasteiger partial charge on any atom is -0.494 e. The van der Waals surface area contributed by atoms with E-state index in [0.717, 1.165) is 24.2 Å². The molecule has 85 valence electrons. The van der Waals surface area contributed by atoms with Crippen LogP contribution in [0, 0.1) is 17.2 Å². The molecule has 0 aliphatic heterocycles. The summed E-state index contributed by atoms with van der Waals surface area (Å²) < 4.78 is 5.62. The normalized spacial score (nSPS) is 10.2. The number of benzene rings is 1. The van der Waals surface area contributed by atoms with Crippen molar-refractivity contribution in [3.8, 4) is 11.8 Å². The highest BCUT2D eigenvalue weighted by molar-refractivity contribution is 5.44. The summed E-state index contributed by atoms with van der Waals surface area (Å²) >= 11 is 0. The first-order chi connectivity index (χ1) is 7.67. The van der Waals surface area contributed by atoms with Crippen molar-refractivity contribution in [2.75, 3.05) is 6.61 Å². The highest BCUT2D eigenvalue weighted by Crippen LogP contribution is 2.22. The first kappa shape index (κ1) is 12.6. The first-order valence-electron chi connectivity index (χ1n) is 5.66. The molecular weight excluding hydrogens is 198 g/mol. The molecule has 1 aromatic carbocycles. The molecule has 0 N–H and O–H groups in total. The topological polar surface area (TPSA) is 33.0 Å². The number of nitriles is 1. The van der Waals surface area contributed by atoms with E-state index in [4.69, 9.17) is 10.00 Å². The van der Waals surface area contributed by atoms with E-state index in [1.807, 2.05) is 26.0 Å². The van der Waals surface area contributed by atoms with Crippen LogP contribution in [0.25, 0.3) is 0 Å². The standard InChI is InChI=1S/C14H18NO/c1-4-5-6-16-14-8-12(10-15)7-13(9-14)11(2)3/h7-9H,4-6H2,1-3H3. The fourth-order valence-electron chi connectivity index (χ4n) is 1.37. The molecule has 0 saturated heterocycles. The highest BCUT2D eigenvalue weighted by atomic mass is 16.5. The Morgan fingerprint density at radius 2 is 2.06 bits per heavy atom. The summed E-state index contributed by atoms with van der Waals surface area (Å²) in [6, 6.07) is 7.84. The number of ether oxygens (including phenoxy) is 1. The Balaban J connectivity index is 2.83. The van der Waals surface area contributed by atoms with Crippen LogP contribution in [0.1, 0.15) is 44.7 Å². The van der Waals surface area contributed by atoms with E-state index < -0.39 is 0 Å². The zero-order chi connectivity index (χ0) is 12.0. The van der Waals surface area contributed by atoms with Crippen molar-refractivity contribution < 1.29 is 4.74 Å². The van der Waals surface area contributed by atoms with Crippen LogP contribution in [0.15, 0.2) is 18.2 Å². The fraction of sp³-hybridized carbons (Fsp3) is 0.429. The van der Waals surface area contributed by atoms with Crippen LogP contribution < -0.4 is 4.74 Å². The van der Waals surface area contributed by atoms with E-state index in [1.165, 1.54) is 5.92 Å². The van der Waals surface area contributed by atoms with E-state index >= 15 is 0 Å². The fourth-order valence-corrected chi connectivity index (χ4v) is 1.37. The molecule has 1 aromatic rings. The Morgan fingerprint density at radius 3 is 2.62 bits per heavy atom. The third-order valence-electron chi connectivity index (χ3n) is 2.38. The summed E-state index contributed by atoms with van der Waals surface area (Å²) in [5.41, 5.74) is 1.73. The van der Waals surface area contributed by atoms with Gasteiger partial charge in [0.2, 0.25) is 0 Å². The quantitative estimate of drug-likeness (QED) is 0.703. The molecule has 0 unspecified atom stereocenters. The van der Waals surface area contributed by atoms with Crippen LogP contribution in [-0.2, 0) is 0 Å². The minimum absolute atomic E-state index is 0.658. The Kier molecular flexibility index (Phi) is 4.85. The lowest BCUT2D eigenvalue weighted by Gasteiger charge is -2.10. The maximum Gasteiger partial charge on any atom is 0.120 e. The van der Waals surface area contributed by atoms with E-state index in [2.05, 4.69) is 13.0 Å². The zero-order valence-electron chi connectivity index (χ0n) is 10.2. The van der Waals surface area contributed by atoms with Crippen molar-refractivity contribution in [3.63, 3.8) is 0 Å². The van der Waals surface area contributed by atoms with Crippen LogP contribution in [0.3, 0.4) is 0 Å². The van der Waals surface area contributed by atoms with Crippen LogP contribution in [-0.4, -0.2) is 6.61 Å². The van der Waals surface area contributed by atoms with Crippen LogP contribution in [0.5, 0.6) is 5.75 Å². The van der Waals surface area contributed by atoms with E-state index in [-0.39, 0.29) is 0 Å². The van der Waals surface area contributed by atoms with Gasteiger partial charge >= 0.3 is 0 Å². The van der Waals surface area contributed by atoms with E-state index in [0.29, 0.717) is 12.2 Å². The SMILES string of the molecule is CCCCOc1cc(C#N)cc([C](C)C)c1. The molecule has 0 aliphatic rings. The molecule has 0 amide bonds. The van der Waals surface area contributed by atoms with Crippen LogP contribution in [0.2, 0.25) is 0 Å². The zero-order valence-corrected chi connectivity index (χ0v) is 10.2. The van der Waals surface area contributed by atoms with Gasteiger partial charge in [-0.15, -0.1) is 0 Å². The average Bonchev–Trinajstić information content (AvgIpc) is 2.29. The van der Waals surface area contributed by atoms with Crippen molar-refractivity contribution >= 4 is 0 Å². The second-order valence-corrected chi connectivity index (χ2v) is 4.06. The Hall–Kier alpha value is -1.49. The Bertz CT molecular complexity index is 377. The van der Waals surface area contributed by atoms with Gasteiger partial charge in [0.05, 0.1) is 18.2 Å². The monoisotopic (exact) mass is 216 g/mol. The van der Waals surface area contributed by atoms with Gasteiger partial charge in [-0.25, -0.2) is 0 Å². The second kappa shape index (κ2) is 6.17. The van der Waals surface area contributed by atoms with Crippen LogP contribution in [0.4, 0.5) is 0 Å². The second-order valence-electron chi connectivity index (χ2n) is 4.06. The smallest absolute Gasteiger partial charge is 0.120 e. The molecule has 0 atom stereocenters. The van der Waals surface area contributed by atoms with Crippen molar-refractivity contribution in [1.29, 1.82) is 5.26 Å². The van der Waals surface area contributed by atoms with Gasteiger partial charge < -0.3 is 4.74 Å². The molecule has 0 bridgehead atoms. The summed E-state index contributed by atoms with van der Waals surface area (Å²) in [6.45, 7) is 6.91. The molecule has 0 aromatic heterocycles. The average molecular weight is 216 g/mol. The van der Waals surface area contributed by atoms with Gasteiger partial charge in [0, 0.05) is 0 Å². The third kappa shape index (κ3) is 3.58. The van der Waals surface area contributed by atoms with Gasteiger partial charge in [-0.05, 0) is 36.1 Å². The summed E-state index contributed by atoms with van der Waals surface area (Å²) in [5, 5.41) is 8.93. The van der Waals surface area contributed by atoms with Crippen molar-refractivity contribution in [2.24, 2.45) is 0 Å².